The van der Waals surface area contributed by atoms with Crippen molar-refractivity contribution in [1.82, 2.24) is 19.6 Å². The SMILES string of the molecule is Cc1cc2nc(C)c(CCC(=O)OCC(=O)Nc3cccnc3Cl)c(C)n2n1. The van der Waals surface area contributed by atoms with Crippen molar-refractivity contribution in [3.63, 3.8) is 0 Å². The lowest BCUT2D eigenvalue weighted by molar-refractivity contribution is -0.147. The Morgan fingerprint density at radius 2 is 2.07 bits per heavy atom. The Morgan fingerprint density at radius 3 is 2.82 bits per heavy atom. The summed E-state index contributed by atoms with van der Waals surface area (Å²) in [5.41, 5.74) is 4.76. The van der Waals surface area contributed by atoms with Crippen LogP contribution in [0.5, 0.6) is 0 Å². The molecule has 28 heavy (non-hydrogen) atoms. The number of aromatic nitrogens is 4. The molecule has 0 atom stereocenters. The number of fused-ring (bicyclic) bond motifs is 1. The number of nitrogens with one attached hydrogen (secondary N) is 1. The number of hydrogen-bond acceptors (Lipinski definition) is 6. The molecule has 0 spiro atoms. The van der Waals surface area contributed by atoms with Crippen LogP contribution in [0.2, 0.25) is 5.15 Å². The van der Waals surface area contributed by atoms with Crippen LogP contribution in [0.15, 0.2) is 24.4 Å². The molecular formula is C19H20ClN5O3. The zero-order chi connectivity index (χ0) is 20.3. The molecule has 0 radical (unpaired) electrons. The van der Waals surface area contributed by atoms with Gasteiger partial charge >= 0.3 is 5.97 Å². The monoisotopic (exact) mass is 401 g/mol. The topological polar surface area (TPSA) is 98.5 Å². The second kappa shape index (κ2) is 8.35. The van der Waals surface area contributed by atoms with E-state index in [2.05, 4.69) is 20.4 Å². The van der Waals surface area contributed by atoms with E-state index in [-0.39, 0.29) is 11.6 Å². The predicted molar refractivity (Wildman–Crippen MR) is 104 cm³/mol. The average Bonchev–Trinajstić information content (AvgIpc) is 3.02. The molecule has 0 aliphatic carbocycles. The number of ether oxygens (including phenoxy) is 1. The summed E-state index contributed by atoms with van der Waals surface area (Å²) in [5.74, 6) is -0.950. The highest BCUT2D eigenvalue weighted by Gasteiger charge is 2.14. The number of carbonyl (C=O) groups is 2. The molecule has 0 saturated carbocycles. The minimum Gasteiger partial charge on any atom is -0.456 e. The number of rotatable bonds is 6. The van der Waals surface area contributed by atoms with E-state index in [1.165, 1.54) is 6.20 Å². The first-order chi connectivity index (χ1) is 13.3. The Hall–Kier alpha value is -3.00. The molecule has 146 valence electrons. The van der Waals surface area contributed by atoms with Gasteiger partial charge in [0.2, 0.25) is 0 Å². The molecule has 9 heteroatoms. The van der Waals surface area contributed by atoms with E-state index >= 15 is 0 Å². The molecule has 0 aliphatic rings. The molecule has 3 aromatic heterocycles. The molecule has 0 saturated heterocycles. The van der Waals surface area contributed by atoms with Gasteiger partial charge in [0, 0.05) is 30.1 Å². The fourth-order valence-corrected chi connectivity index (χ4v) is 3.08. The fourth-order valence-electron chi connectivity index (χ4n) is 2.91. The van der Waals surface area contributed by atoms with Crippen molar-refractivity contribution < 1.29 is 14.3 Å². The summed E-state index contributed by atoms with van der Waals surface area (Å²) in [4.78, 5) is 32.3. The zero-order valence-corrected chi connectivity index (χ0v) is 16.6. The molecule has 0 bridgehead atoms. The molecule has 0 fully saturated rings. The Labute approximate surface area is 166 Å². The number of aryl methyl sites for hydroxylation is 3. The van der Waals surface area contributed by atoms with Crippen molar-refractivity contribution in [2.75, 3.05) is 11.9 Å². The molecule has 3 rings (SSSR count). The van der Waals surface area contributed by atoms with E-state index in [1.54, 1.807) is 16.6 Å². The predicted octanol–water partition coefficient (Wildman–Crippen LogP) is 2.82. The largest absolute Gasteiger partial charge is 0.456 e. The maximum atomic E-state index is 12.0. The molecule has 3 aromatic rings. The van der Waals surface area contributed by atoms with E-state index in [0.29, 0.717) is 12.1 Å². The van der Waals surface area contributed by atoms with E-state index in [4.69, 9.17) is 16.3 Å². The summed E-state index contributed by atoms with van der Waals surface area (Å²) < 4.78 is 6.82. The minimum absolute atomic E-state index is 0.135. The molecule has 0 aromatic carbocycles. The second-order valence-electron chi connectivity index (χ2n) is 6.37. The highest BCUT2D eigenvalue weighted by molar-refractivity contribution is 6.32. The van der Waals surface area contributed by atoms with Gasteiger partial charge in [-0.05, 0) is 44.9 Å². The van der Waals surface area contributed by atoms with E-state index in [0.717, 1.165) is 28.3 Å². The Kier molecular flexibility index (Phi) is 5.89. The van der Waals surface area contributed by atoms with Crippen LogP contribution in [0.25, 0.3) is 5.65 Å². The summed E-state index contributed by atoms with van der Waals surface area (Å²) in [6.07, 6.45) is 2.10. The highest BCUT2D eigenvalue weighted by Crippen LogP contribution is 2.18. The van der Waals surface area contributed by atoms with Crippen LogP contribution in [0.1, 0.15) is 29.1 Å². The quantitative estimate of drug-likeness (QED) is 0.503. The number of carbonyl (C=O) groups excluding carboxylic acids is 2. The van der Waals surface area contributed by atoms with Gasteiger partial charge in [-0.2, -0.15) is 5.10 Å². The first-order valence-electron chi connectivity index (χ1n) is 8.73. The van der Waals surface area contributed by atoms with Crippen molar-refractivity contribution in [3.05, 3.63) is 52.2 Å². The van der Waals surface area contributed by atoms with Crippen LogP contribution in [0, 0.1) is 20.8 Å². The van der Waals surface area contributed by atoms with Crippen LogP contribution in [-0.2, 0) is 20.7 Å². The van der Waals surface area contributed by atoms with Gasteiger partial charge in [-0.1, -0.05) is 11.6 Å². The van der Waals surface area contributed by atoms with Gasteiger partial charge < -0.3 is 10.1 Å². The molecular weight excluding hydrogens is 382 g/mol. The van der Waals surface area contributed by atoms with E-state index in [9.17, 15) is 9.59 Å². The summed E-state index contributed by atoms with van der Waals surface area (Å²) >= 11 is 5.87. The van der Waals surface area contributed by atoms with Gasteiger partial charge in [0.05, 0.1) is 11.4 Å². The summed E-state index contributed by atoms with van der Waals surface area (Å²) in [6, 6.07) is 5.16. The Morgan fingerprint density at radius 1 is 1.29 bits per heavy atom. The third kappa shape index (κ3) is 4.45. The van der Waals surface area contributed by atoms with Gasteiger partial charge in [-0.15, -0.1) is 0 Å². The number of nitrogens with zero attached hydrogens (tertiary/aromatic N) is 4. The molecule has 3 heterocycles. The number of hydrogen-bond donors (Lipinski definition) is 1. The number of esters is 1. The van der Waals surface area contributed by atoms with Crippen molar-refractivity contribution in [1.29, 1.82) is 0 Å². The number of anilines is 1. The second-order valence-corrected chi connectivity index (χ2v) is 6.73. The normalized spacial score (nSPS) is 10.9. The first kappa shape index (κ1) is 19.8. The molecule has 8 nitrogen and oxygen atoms in total. The lowest BCUT2D eigenvalue weighted by Crippen LogP contribution is -2.21. The first-order valence-corrected chi connectivity index (χ1v) is 9.11. The average molecular weight is 402 g/mol. The summed E-state index contributed by atoms with van der Waals surface area (Å²) in [5, 5.41) is 7.14. The number of halogens is 1. The van der Waals surface area contributed by atoms with Crippen LogP contribution >= 0.6 is 11.6 Å². The molecule has 1 amide bonds. The van der Waals surface area contributed by atoms with Gasteiger partial charge in [0.1, 0.15) is 0 Å². The number of amides is 1. The van der Waals surface area contributed by atoms with Crippen LogP contribution in [0.4, 0.5) is 5.69 Å². The zero-order valence-electron chi connectivity index (χ0n) is 15.8. The summed E-state index contributed by atoms with van der Waals surface area (Å²) in [7, 11) is 0. The Balaban J connectivity index is 1.55. The third-order valence-corrected chi connectivity index (χ3v) is 4.56. The molecule has 1 N–H and O–H groups in total. The summed E-state index contributed by atoms with van der Waals surface area (Å²) in [6.45, 7) is 5.36. The number of pyridine rings is 1. The third-order valence-electron chi connectivity index (χ3n) is 4.26. The lowest BCUT2D eigenvalue weighted by atomic mass is 10.1. The van der Waals surface area contributed by atoms with Crippen LogP contribution < -0.4 is 5.32 Å². The highest BCUT2D eigenvalue weighted by atomic mass is 35.5. The van der Waals surface area contributed by atoms with Gasteiger partial charge in [-0.3, -0.25) is 9.59 Å². The van der Waals surface area contributed by atoms with Crippen LogP contribution in [-0.4, -0.2) is 38.1 Å². The standard InChI is InChI=1S/C19H20ClN5O3/c1-11-9-16-22-12(2)14(13(3)25(16)24-11)6-7-18(27)28-10-17(26)23-15-5-4-8-21-19(15)20/h4-5,8-9H,6-7,10H2,1-3H3,(H,23,26). The maximum Gasteiger partial charge on any atom is 0.306 e. The van der Waals surface area contributed by atoms with E-state index < -0.39 is 18.5 Å². The van der Waals surface area contributed by atoms with Crippen molar-refractivity contribution in [3.8, 4) is 0 Å². The molecule has 0 unspecified atom stereocenters. The van der Waals surface area contributed by atoms with E-state index in [1.807, 2.05) is 26.8 Å². The minimum atomic E-state index is -0.481. The smallest absolute Gasteiger partial charge is 0.306 e. The maximum absolute atomic E-state index is 12.0. The van der Waals surface area contributed by atoms with Crippen molar-refractivity contribution >= 4 is 34.8 Å². The van der Waals surface area contributed by atoms with Gasteiger partial charge in [0.25, 0.3) is 5.91 Å². The fraction of sp³-hybridized carbons (Fsp3) is 0.316. The van der Waals surface area contributed by atoms with Gasteiger partial charge in [0.15, 0.2) is 17.4 Å². The Bertz CT molecular complexity index is 1050. The van der Waals surface area contributed by atoms with Gasteiger partial charge in [-0.25, -0.2) is 14.5 Å². The lowest BCUT2D eigenvalue weighted by Gasteiger charge is -2.11. The molecule has 0 aliphatic heterocycles. The van der Waals surface area contributed by atoms with Crippen molar-refractivity contribution in [2.24, 2.45) is 0 Å². The van der Waals surface area contributed by atoms with Crippen LogP contribution in [0.3, 0.4) is 0 Å². The van der Waals surface area contributed by atoms with Crippen molar-refractivity contribution in [2.45, 2.75) is 33.6 Å².